The third-order valence-electron chi connectivity index (χ3n) is 2.06. The van der Waals surface area contributed by atoms with Gasteiger partial charge in [0.25, 0.3) is 5.89 Å². The second-order valence-corrected chi connectivity index (χ2v) is 3.64. The second-order valence-electron chi connectivity index (χ2n) is 3.23. The first-order valence-electron chi connectivity index (χ1n) is 5.08. The number of hydrogen-bond acceptors (Lipinski definition) is 5. The molecule has 7 heteroatoms. The van der Waals surface area contributed by atoms with Crippen molar-refractivity contribution in [2.24, 2.45) is 0 Å². The van der Waals surface area contributed by atoms with E-state index in [1.807, 2.05) is 0 Å². The molecule has 0 amide bonds. The molecule has 0 aliphatic carbocycles. The lowest BCUT2D eigenvalue weighted by molar-refractivity contribution is 0.0481. The van der Waals surface area contributed by atoms with Crippen LogP contribution in [0.1, 0.15) is 17.6 Å². The van der Waals surface area contributed by atoms with Gasteiger partial charge < -0.3 is 9.15 Å². The topological polar surface area (TPSA) is 65.2 Å². The van der Waals surface area contributed by atoms with Crippen LogP contribution in [0.2, 0.25) is 5.02 Å². The van der Waals surface area contributed by atoms with E-state index in [-0.39, 0.29) is 29.0 Å². The standard InChI is InChI=1S/C11H8ClFN2O3/c1-2-17-11(16)10-15-14-9(18-10)6-4-3-5-7(12)8(6)13/h3-5H,2H2,1H3. The lowest BCUT2D eigenvalue weighted by atomic mass is 10.2. The van der Waals surface area contributed by atoms with Gasteiger partial charge in [0.15, 0.2) is 5.82 Å². The molecule has 0 radical (unpaired) electrons. The third kappa shape index (κ3) is 2.33. The molecule has 1 heterocycles. The lowest BCUT2D eigenvalue weighted by Crippen LogP contribution is -2.04. The van der Waals surface area contributed by atoms with Gasteiger partial charge in [-0.1, -0.05) is 17.7 Å². The Hall–Kier alpha value is -1.95. The van der Waals surface area contributed by atoms with Gasteiger partial charge in [-0.2, -0.15) is 0 Å². The summed E-state index contributed by atoms with van der Waals surface area (Å²) in [7, 11) is 0. The summed E-state index contributed by atoms with van der Waals surface area (Å²) in [5.41, 5.74) is 0.0329. The van der Waals surface area contributed by atoms with Crippen molar-refractivity contribution in [3.05, 3.63) is 34.9 Å². The average molecular weight is 271 g/mol. The molecule has 0 bridgehead atoms. The maximum absolute atomic E-state index is 13.7. The van der Waals surface area contributed by atoms with E-state index in [1.165, 1.54) is 18.2 Å². The molecule has 18 heavy (non-hydrogen) atoms. The first-order chi connectivity index (χ1) is 8.63. The third-order valence-corrected chi connectivity index (χ3v) is 2.35. The normalized spacial score (nSPS) is 10.4. The summed E-state index contributed by atoms with van der Waals surface area (Å²) in [6.45, 7) is 1.83. The fourth-order valence-corrected chi connectivity index (χ4v) is 1.45. The predicted molar refractivity (Wildman–Crippen MR) is 60.7 cm³/mol. The van der Waals surface area contributed by atoms with Gasteiger partial charge >= 0.3 is 11.9 Å². The number of carbonyl (C=O) groups is 1. The summed E-state index contributed by atoms with van der Waals surface area (Å²) in [5.74, 6) is -1.89. The van der Waals surface area contributed by atoms with E-state index in [2.05, 4.69) is 14.9 Å². The fraction of sp³-hybridized carbons (Fsp3) is 0.182. The number of esters is 1. The monoisotopic (exact) mass is 270 g/mol. The summed E-state index contributed by atoms with van der Waals surface area (Å²) in [6.07, 6.45) is 0. The van der Waals surface area contributed by atoms with Crippen molar-refractivity contribution in [3.63, 3.8) is 0 Å². The molecule has 2 rings (SSSR count). The molecular weight excluding hydrogens is 263 g/mol. The van der Waals surface area contributed by atoms with Crippen LogP contribution in [0.4, 0.5) is 4.39 Å². The minimum absolute atomic E-state index is 0.0329. The fourth-order valence-electron chi connectivity index (χ4n) is 1.28. The molecule has 0 saturated carbocycles. The zero-order valence-electron chi connectivity index (χ0n) is 9.31. The van der Waals surface area contributed by atoms with Gasteiger partial charge in [-0.3, -0.25) is 0 Å². The minimum Gasteiger partial charge on any atom is -0.459 e. The van der Waals surface area contributed by atoms with Crippen molar-refractivity contribution in [3.8, 4) is 11.5 Å². The van der Waals surface area contributed by atoms with E-state index < -0.39 is 11.8 Å². The highest BCUT2D eigenvalue weighted by atomic mass is 35.5. The van der Waals surface area contributed by atoms with E-state index in [9.17, 15) is 9.18 Å². The van der Waals surface area contributed by atoms with E-state index in [0.717, 1.165) is 0 Å². The van der Waals surface area contributed by atoms with E-state index in [0.29, 0.717) is 0 Å². The van der Waals surface area contributed by atoms with Gasteiger partial charge in [-0.05, 0) is 19.1 Å². The SMILES string of the molecule is CCOC(=O)c1nnc(-c2cccc(Cl)c2F)o1. The molecular formula is C11H8ClFN2O3. The molecule has 0 saturated heterocycles. The van der Waals surface area contributed by atoms with Crippen molar-refractivity contribution in [2.75, 3.05) is 6.61 Å². The second kappa shape index (κ2) is 5.14. The molecule has 0 N–H and O–H groups in total. The van der Waals surface area contributed by atoms with E-state index >= 15 is 0 Å². The molecule has 0 aliphatic heterocycles. The maximum Gasteiger partial charge on any atom is 0.396 e. The predicted octanol–water partition coefficient (Wildman–Crippen LogP) is 2.71. The Bertz CT molecular complexity index is 585. The van der Waals surface area contributed by atoms with Gasteiger partial charge in [0.1, 0.15) is 0 Å². The van der Waals surface area contributed by atoms with Crippen LogP contribution in [0.25, 0.3) is 11.5 Å². The Morgan fingerprint density at radius 3 is 3.00 bits per heavy atom. The Morgan fingerprint density at radius 2 is 2.28 bits per heavy atom. The highest BCUT2D eigenvalue weighted by molar-refractivity contribution is 6.31. The Balaban J connectivity index is 2.35. The van der Waals surface area contributed by atoms with Crippen LogP contribution >= 0.6 is 11.6 Å². The Kier molecular flexibility index (Phi) is 3.57. The van der Waals surface area contributed by atoms with Crippen molar-refractivity contribution in [1.82, 2.24) is 10.2 Å². The summed E-state index contributed by atoms with van der Waals surface area (Å²) in [6, 6.07) is 4.35. The van der Waals surface area contributed by atoms with E-state index in [1.54, 1.807) is 6.92 Å². The first-order valence-corrected chi connectivity index (χ1v) is 5.46. The number of aromatic nitrogens is 2. The van der Waals surface area contributed by atoms with Crippen LogP contribution in [0.15, 0.2) is 22.6 Å². The molecule has 0 atom stereocenters. The van der Waals surface area contributed by atoms with Crippen molar-refractivity contribution in [2.45, 2.75) is 6.92 Å². The minimum atomic E-state index is -0.751. The Labute approximate surface area is 107 Å². The highest BCUT2D eigenvalue weighted by Crippen LogP contribution is 2.26. The molecule has 0 unspecified atom stereocenters. The molecule has 0 aliphatic rings. The van der Waals surface area contributed by atoms with E-state index in [4.69, 9.17) is 16.0 Å². The molecule has 0 fully saturated rings. The van der Waals surface area contributed by atoms with Crippen LogP contribution in [-0.4, -0.2) is 22.8 Å². The number of carbonyl (C=O) groups excluding carboxylic acids is 1. The largest absolute Gasteiger partial charge is 0.459 e. The van der Waals surface area contributed by atoms with Crippen molar-refractivity contribution >= 4 is 17.6 Å². The molecule has 0 spiro atoms. The van der Waals surface area contributed by atoms with Gasteiger partial charge in [-0.15, -0.1) is 10.2 Å². The zero-order chi connectivity index (χ0) is 13.1. The van der Waals surface area contributed by atoms with Gasteiger partial charge in [0.2, 0.25) is 0 Å². The van der Waals surface area contributed by atoms with Crippen LogP contribution < -0.4 is 0 Å². The smallest absolute Gasteiger partial charge is 0.396 e. The van der Waals surface area contributed by atoms with Crippen molar-refractivity contribution in [1.29, 1.82) is 0 Å². The summed E-state index contributed by atoms with van der Waals surface area (Å²) >= 11 is 5.63. The molecule has 1 aromatic heterocycles. The lowest BCUT2D eigenvalue weighted by Gasteiger charge is -1.98. The van der Waals surface area contributed by atoms with Crippen LogP contribution in [-0.2, 0) is 4.74 Å². The molecule has 94 valence electrons. The number of nitrogens with zero attached hydrogens (tertiary/aromatic N) is 2. The number of halogens is 2. The molecule has 2 aromatic rings. The summed E-state index contributed by atoms with van der Waals surface area (Å²) in [4.78, 5) is 11.3. The summed E-state index contributed by atoms with van der Waals surface area (Å²) in [5, 5.41) is 6.99. The van der Waals surface area contributed by atoms with Gasteiger partial charge in [-0.25, -0.2) is 9.18 Å². The maximum atomic E-state index is 13.7. The quantitative estimate of drug-likeness (QED) is 0.802. The highest BCUT2D eigenvalue weighted by Gasteiger charge is 2.19. The molecule has 5 nitrogen and oxygen atoms in total. The molecule has 1 aromatic carbocycles. The van der Waals surface area contributed by atoms with Crippen LogP contribution in [0.5, 0.6) is 0 Å². The number of rotatable bonds is 3. The van der Waals surface area contributed by atoms with Crippen LogP contribution in [0.3, 0.4) is 0 Å². The van der Waals surface area contributed by atoms with Crippen molar-refractivity contribution < 1.29 is 18.3 Å². The Morgan fingerprint density at radius 1 is 1.50 bits per heavy atom. The first kappa shape index (κ1) is 12.5. The van der Waals surface area contributed by atoms with Gasteiger partial charge in [0.05, 0.1) is 17.2 Å². The number of hydrogen-bond donors (Lipinski definition) is 0. The van der Waals surface area contributed by atoms with Gasteiger partial charge in [0, 0.05) is 0 Å². The summed E-state index contributed by atoms with van der Waals surface area (Å²) < 4.78 is 23.4. The zero-order valence-corrected chi connectivity index (χ0v) is 10.1. The number of benzene rings is 1. The number of ether oxygens (including phenoxy) is 1. The van der Waals surface area contributed by atoms with Crippen LogP contribution in [0, 0.1) is 5.82 Å². The average Bonchev–Trinajstić information content (AvgIpc) is 2.82.